The van der Waals surface area contributed by atoms with Gasteiger partial charge in [0, 0.05) is 36.9 Å². The van der Waals surface area contributed by atoms with Gasteiger partial charge in [0.25, 0.3) is 0 Å². The number of allylic oxidation sites excluding steroid dienone is 2. The first kappa shape index (κ1) is 18.4. The van der Waals surface area contributed by atoms with Crippen molar-refractivity contribution in [3.05, 3.63) is 59.5 Å². The van der Waals surface area contributed by atoms with Gasteiger partial charge in [0.05, 0.1) is 11.2 Å². The Bertz CT molecular complexity index is 1060. The summed E-state index contributed by atoms with van der Waals surface area (Å²) < 4.78 is 1.86. The number of amidine groups is 1. The zero-order valence-electron chi connectivity index (χ0n) is 17.6. The summed E-state index contributed by atoms with van der Waals surface area (Å²) in [7, 11) is 1.96. The molecule has 0 atom stereocenters. The maximum absolute atomic E-state index is 5.03. The fourth-order valence-electron chi connectivity index (χ4n) is 4.75. The molecule has 0 saturated carbocycles. The van der Waals surface area contributed by atoms with Crippen LogP contribution in [0.3, 0.4) is 0 Å². The molecule has 0 N–H and O–H groups in total. The van der Waals surface area contributed by atoms with Gasteiger partial charge in [-0.1, -0.05) is 19.1 Å². The van der Waals surface area contributed by atoms with E-state index < -0.39 is 0 Å². The molecule has 0 aliphatic carbocycles. The Balaban J connectivity index is 1.38. The lowest BCUT2D eigenvalue weighted by Gasteiger charge is -2.35. The highest BCUT2D eigenvalue weighted by atomic mass is 15.2. The minimum absolute atomic E-state index is 0.674. The lowest BCUT2D eigenvalue weighted by molar-refractivity contribution is 0.208. The maximum Gasteiger partial charge on any atom is 0.136 e. The molecule has 0 bridgehead atoms. The summed E-state index contributed by atoms with van der Waals surface area (Å²) in [5.41, 5.74) is 5.99. The second kappa shape index (κ2) is 7.30. The predicted molar refractivity (Wildman–Crippen MR) is 120 cm³/mol. The number of aromatic nitrogens is 2. The van der Waals surface area contributed by atoms with E-state index >= 15 is 0 Å². The van der Waals surface area contributed by atoms with E-state index in [1.54, 1.807) is 0 Å². The van der Waals surface area contributed by atoms with Gasteiger partial charge in [-0.05, 0) is 74.7 Å². The summed E-state index contributed by atoms with van der Waals surface area (Å²) in [6.07, 6.45) is 11.5. The van der Waals surface area contributed by atoms with Crippen molar-refractivity contribution >= 4 is 22.4 Å². The van der Waals surface area contributed by atoms with Crippen molar-refractivity contribution in [2.45, 2.75) is 26.7 Å². The minimum Gasteiger partial charge on any atom is -0.329 e. The van der Waals surface area contributed by atoms with Gasteiger partial charge in [0.1, 0.15) is 5.84 Å². The largest absolute Gasteiger partial charge is 0.329 e. The molecule has 0 unspecified atom stereocenters. The molecule has 3 aliphatic heterocycles. The van der Waals surface area contributed by atoms with Gasteiger partial charge in [-0.2, -0.15) is 5.10 Å². The van der Waals surface area contributed by atoms with Crippen molar-refractivity contribution in [1.29, 1.82) is 0 Å². The van der Waals surface area contributed by atoms with E-state index in [1.807, 2.05) is 11.7 Å². The van der Waals surface area contributed by atoms with Crippen LogP contribution >= 0.6 is 0 Å². The molecular formula is C24H29N5. The molecule has 150 valence electrons. The van der Waals surface area contributed by atoms with Gasteiger partial charge < -0.3 is 9.80 Å². The number of aryl methyl sites for hydroxylation is 1. The van der Waals surface area contributed by atoms with Gasteiger partial charge >= 0.3 is 0 Å². The lowest BCUT2D eigenvalue weighted by Crippen LogP contribution is -2.36. The van der Waals surface area contributed by atoms with Crippen LogP contribution in [0.2, 0.25) is 0 Å². The molecule has 3 aliphatic rings. The smallest absolute Gasteiger partial charge is 0.136 e. The molecule has 0 amide bonds. The topological polar surface area (TPSA) is 36.7 Å². The van der Waals surface area contributed by atoms with Crippen molar-refractivity contribution in [3.63, 3.8) is 0 Å². The molecule has 5 heteroatoms. The van der Waals surface area contributed by atoms with Crippen molar-refractivity contribution in [3.8, 4) is 0 Å². The summed E-state index contributed by atoms with van der Waals surface area (Å²) in [4.78, 5) is 9.91. The van der Waals surface area contributed by atoms with Gasteiger partial charge in [0.15, 0.2) is 0 Å². The van der Waals surface area contributed by atoms with Gasteiger partial charge in [-0.15, -0.1) is 0 Å². The fraction of sp³-hybridized carbons (Fsp3) is 0.417. The molecule has 1 aromatic heterocycles. The standard InChI is InChI=1S/C24H29N5/c1-4-28-10-7-18(8-11-28)20-13-17(2)24-25-22(9-12-29(24)16-20)19-5-6-23-21(14-19)15-27(3)26-23/h5-6,9,13-16,18H,4,7-8,10-12H2,1-3H3. The number of benzene rings is 1. The van der Waals surface area contributed by atoms with E-state index in [2.05, 4.69) is 71.5 Å². The second-order valence-electron chi connectivity index (χ2n) is 8.42. The summed E-state index contributed by atoms with van der Waals surface area (Å²) in [6.45, 7) is 8.94. The van der Waals surface area contributed by atoms with Crippen LogP contribution in [0.4, 0.5) is 0 Å². The third kappa shape index (κ3) is 3.44. The molecule has 5 rings (SSSR count). The molecule has 29 heavy (non-hydrogen) atoms. The summed E-state index contributed by atoms with van der Waals surface area (Å²) >= 11 is 0. The highest BCUT2D eigenvalue weighted by Crippen LogP contribution is 2.32. The Hall–Kier alpha value is -2.66. The predicted octanol–water partition coefficient (Wildman–Crippen LogP) is 4.20. The molecule has 1 aromatic carbocycles. The quantitative estimate of drug-likeness (QED) is 0.792. The van der Waals surface area contributed by atoms with Crippen LogP contribution in [0.15, 0.2) is 58.9 Å². The highest BCUT2D eigenvalue weighted by Gasteiger charge is 2.26. The number of nitrogens with zero attached hydrogens (tertiary/aromatic N) is 5. The summed E-state index contributed by atoms with van der Waals surface area (Å²) in [6, 6.07) is 6.41. The van der Waals surface area contributed by atoms with Crippen LogP contribution < -0.4 is 0 Å². The van der Waals surface area contributed by atoms with Crippen LogP contribution in [-0.2, 0) is 7.05 Å². The number of rotatable bonds is 3. The maximum atomic E-state index is 5.03. The molecule has 1 fully saturated rings. The van der Waals surface area contributed by atoms with Crippen molar-refractivity contribution < 1.29 is 0 Å². The van der Waals surface area contributed by atoms with Gasteiger partial charge in [0.2, 0.25) is 0 Å². The number of likely N-dealkylation sites (tertiary alicyclic amines) is 1. The Morgan fingerprint density at radius 3 is 2.79 bits per heavy atom. The van der Waals surface area contributed by atoms with E-state index in [1.165, 1.54) is 43.6 Å². The number of aliphatic imine (C=N–C) groups is 1. The van der Waals surface area contributed by atoms with Crippen LogP contribution in [0.1, 0.15) is 32.3 Å². The first-order valence-corrected chi connectivity index (χ1v) is 10.7. The summed E-state index contributed by atoms with van der Waals surface area (Å²) in [5.74, 6) is 1.76. The average Bonchev–Trinajstić information content (AvgIpc) is 3.12. The van der Waals surface area contributed by atoms with Gasteiger partial charge in [-0.25, -0.2) is 4.99 Å². The van der Waals surface area contributed by atoms with Crippen LogP contribution in [0.25, 0.3) is 16.6 Å². The molecular weight excluding hydrogens is 358 g/mol. The van der Waals surface area contributed by atoms with E-state index in [0.29, 0.717) is 5.92 Å². The van der Waals surface area contributed by atoms with Crippen LogP contribution in [-0.4, -0.2) is 51.6 Å². The highest BCUT2D eigenvalue weighted by molar-refractivity contribution is 6.04. The zero-order valence-corrected chi connectivity index (χ0v) is 17.6. The molecule has 5 nitrogen and oxygen atoms in total. The van der Waals surface area contributed by atoms with Crippen molar-refractivity contribution in [1.82, 2.24) is 19.6 Å². The third-order valence-corrected chi connectivity index (χ3v) is 6.44. The van der Waals surface area contributed by atoms with Gasteiger partial charge in [-0.3, -0.25) is 4.68 Å². The molecule has 1 saturated heterocycles. The number of piperidine rings is 1. The van der Waals surface area contributed by atoms with E-state index in [-0.39, 0.29) is 0 Å². The monoisotopic (exact) mass is 387 g/mol. The zero-order chi connectivity index (χ0) is 20.0. The van der Waals surface area contributed by atoms with Crippen molar-refractivity contribution in [2.75, 3.05) is 26.2 Å². The number of hydrogen-bond acceptors (Lipinski definition) is 4. The molecule has 4 heterocycles. The Kier molecular flexibility index (Phi) is 4.63. The molecule has 0 spiro atoms. The average molecular weight is 388 g/mol. The van der Waals surface area contributed by atoms with Crippen molar-refractivity contribution in [2.24, 2.45) is 18.0 Å². The van der Waals surface area contributed by atoms with E-state index in [0.717, 1.165) is 34.5 Å². The third-order valence-electron chi connectivity index (χ3n) is 6.44. The fourth-order valence-corrected chi connectivity index (χ4v) is 4.75. The van der Waals surface area contributed by atoms with Crippen LogP contribution in [0, 0.1) is 5.92 Å². The SMILES string of the molecule is CCN1CCC(C2=CN3CC=C(c4ccc5nn(C)cc5c4)N=C3C(C)=C2)CC1. The normalized spacial score (nSPS) is 20.9. The second-order valence-corrected chi connectivity index (χ2v) is 8.42. The van der Waals surface area contributed by atoms with E-state index in [9.17, 15) is 0 Å². The Morgan fingerprint density at radius 2 is 2.00 bits per heavy atom. The first-order chi connectivity index (χ1) is 14.1. The van der Waals surface area contributed by atoms with Crippen LogP contribution in [0.5, 0.6) is 0 Å². The Labute approximate surface area is 172 Å². The lowest BCUT2D eigenvalue weighted by atomic mass is 9.87. The summed E-state index contributed by atoms with van der Waals surface area (Å²) in [5, 5.41) is 5.63. The van der Waals surface area contributed by atoms with E-state index in [4.69, 9.17) is 4.99 Å². The Morgan fingerprint density at radius 1 is 1.17 bits per heavy atom. The molecule has 2 aromatic rings. The minimum atomic E-state index is 0.674. The molecule has 0 radical (unpaired) electrons. The number of hydrogen-bond donors (Lipinski definition) is 0. The first-order valence-electron chi connectivity index (χ1n) is 10.7. The number of fused-ring (bicyclic) bond motifs is 2.